The lowest BCUT2D eigenvalue weighted by molar-refractivity contribution is 0.0342. The van der Waals surface area contributed by atoms with Crippen LogP contribution in [0.1, 0.15) is 16.6 Å². The number of carbonyl (C=O) groups is 1. The quantitative estimate of drug-likeness (QED) is 0.903. The monoisotopic (exact) mass is 348 g/mol. The van der Waals surface area contributed by atoms with E-state index in [9.17, 15) is 9.18 Å². The molecule has 1 saturated heterocycles. The molecule has 0 radical (unpaired) electrons. The molecular weight excluding hydrogens is 327 g/mol. The number of hydrogen-bond donors (Lipinski definition) is 1. The van der Waals surface area contributed by atoms with E-state index in [0.29, 0.717) is 4.88 Å². The van der Waals surface area contributed by atoms with Crippen molar-refractivity contribution in [2.45, 2.75) is 13.0 Å². The molecule has 0 spiro atoms. The minimum absolute atomic E-state index is 0.0544. The highest BCUT2D eigenvalue weighted by Crippen LogP contribution is 2.28. The van der Waals surface area contributed by atoms with Gasteiger partial charge in [0.2, 0.25) is 0 Å². The third kappa shape index (κ3) is 4.20. The summed E-state index contributed by atoms with van der Waals surface area (Å²) in [6, 6.07) is 8.18. The third-order valence-electron chi connectivity index (χ3n) is 4.04. The second-order valence-electron chi connectivity index (χ2n) is 5.96. The summed E-state index contributed by atoms with van der Waals surface area (Å²) < 4.78 is 18.4. The van der Waals surface area contributed by atoms with Gasteiger partial charge in [-0.1, -0.05) is 12.1 Å². The standard InChI is InChI=1S/C18H21FN2O2S/c1-13(12-21-7-9-23-10-8-21)20-18(22)17-16(6-11-24-17)14-2-4-15(19)5-3-14/h2-6,11,13H,7-10,12H2,1H3,(H,20,22). The average Bonchev–Trinajstić information content (AvgIpc) is 3.06. The van der Waals surface area contributed by atoms with E-state index in [2.05, 4.69) is 10.2 Å². The van der Waals surface area contributed by atoms with E-state index in [1.165, 1.54) is 23.5 Å². The van der Waals surface area contributed by atoms with Crippen molar-refractivity contribution in [2.75, 3.05) is 32.8 Å². The first-order valence-electron chi connectivity index (χ1n) is 8.08. The maximum Gasteiger partial charge on any atom is 0.262 e. The first kappa shape index (κ1) is 17.1. The van der Waals surface area contributed by atoms with Gasteiger partial charge >= 0.3 is 0 Å². The van der Waals surface area contributed by atoms with Crippen molar-refractivity contribution in [3.8, 4) is 11.1 Å². The van der Waals surface area contributed by atoms with Crippen LogP contribution >= 0.6 is 11.3 Å². The molecule has 2 heterocycles. The minimum atomic E-state index is -0.279. The molecule has 0 bridgehead atoms. The summed E-state index contributed by atoms with van der Waals surface area (Å²) in [4.78, 5) is 15.6. The third-order valence-corrected chi connectivity index (χ3v) is 4.95. The molecule has 24 heavy (non-hydrogen) atoms. The highest BCUT2D eigenvalue weighted by atomic mass is 32.1. The van der Waals surface area contributed by atoms with Crippen LogP contribution in [0.4, 0.5) is 4.39 Å². The number of halogens is 1. The number of thiophene rings is 1. The van der Waals surface area contributed by atoms with E-state index in [1.807, 2.05) is 18.4 Å². The van der Waals surface area contributed by atoms with E-state index in [-0.39, 0.29) is 17.8 Å². The fraction of sp³-hybridized carbons (Fsp3) is 0.389. The van der Waals surface area contributed by atoms with E-state index in [4.69, 9.17) is 4.74 Å². The smallest absolute Gasteiger partial charge is 0.262 e. The highest BCUT2D eigenvalue weighted by molar-refractivity contribution is 7.12. The van der Waals surface area contributed by atoms with E-state index < -0.39 is 0 Å². The number of benzene rings is 1. The average molecular weight is 348 g/mol. The van der Waals surface area contributed by atoms with Crippen LogP contribution in [0.5, 0.6) is 0 Å². The molecule has 1 fully saturated rings. The van der Waals surface area contributed by atoms with Gasteiger partial charge in [0.25, 0.3) is 5.91 Å². The van der Waals surface area contributed by atoms with Crippen molar-refractivity contribution in [3.05, 3.63) is 46.4 Å². The summed E-state index contributed by atoms with van der Waals surface area (Å²) in [5, 5.41) is 4.96. The van der Waals surface area contributed by atoms with E-state index in [1.54, 1.807) is 12.1 Å². The lowest BCUT2D eigenvalue weighted by Gasteiger charge is -2.29. The van der Waals surface area contributed by atoms with Crippen LogP contribution < -0.4 is 5.32 Å². The number of hydrogen-bond acceptors (Lipinski definition) is 4. The number of ether oxygens (including phenoxy) is 1. The van der Waals surface area contributed by atoms with Crippen LogP contribution in [-0.4, -0.2) is 49.7 Å². The van der Waals surface area contributed by atoms with Gasteiger partial charge in [-0.2, -0.15) is 0 Å². The summed E-state index contributed by atoms with van der Waals surface area (Å²) in [6.07, 6.45) is 0. The van der Waals surface area contributed by atoms with Crippen LogP contribution in [-0.2, 0) is 4.74 Å². The summed E-state index contributed by atoms with van der Waals surface area (Å²) in [5.41, 5.74) is 1.69. The van der Waals surface area contributed by atoms with Crippen LogP contribution in [0.25, 0.3) is 11.1 Å². The number of amides is 1. The zero-order valence-corrected chi connectivity index (χ0v) is 14.4. The fourth-order valence-electron chi connectivity index (χ4n) is 2.85. The Bertz CT molecular complexity index is 681. The summed E-state index contributed by atoms with van der Waals surface area (Å²) in [6.45, 7) is 6.13. The van der Waals surface area contributed by atoms with Crippen molar-refractivity contribution in [1.82, 2.24) is 10.2 Å². The first-order valence-corrected chi connectivity index (χ1v) is 8.96. The topological polar surface area (TPSA) is 41.6 Å². The summed E-state index contributed by atoms with van der Waals surface area (Å²) >= 11 is 1.41. The zero-order valence-electron chi connectivity index (χ0n) is 13.6. The van der Waals surface area contributed by atoms with Crippen LogP contribution in [0.15, 0.2) is 35.7 Å². The van der Waals surface area contributed by atoms with Crippen LogP contribution in [0.3, 0.4) is 0 Å². The maximum absolute atomic E-state index is 13.1. The van der Waals surface area contributed by atoms with Gasteiger partial charge in [0, 0.05) is 31.2 Å². The maximum atomic E-state index is 13.1. The molecule has 1 aliphatic heterocycles. The first-order chi connectivity index (χ1) is 11.6. The molecule has 0 aliphatic carbocycles. The zero-order chi connectivity index (χ0) is 16.9. The number of carbonyl (C=O) groups excluding carboxylic acids is 1. The Morgan fingerprint density at radius 3 is 2.71 bits per heavy atom. The molecule has 6 heteroatoms. The van der Waals surface area contributed by atoms with Crippen molar-refractivity contribution >= 4 is 17.2 Å². The molecule has 1 unspecified atom stereocenters. The molecule has 1 aromatic heterocycles. The largest absolute Gasteiger partial charge is 0.379 e. The number of morpholine rings is 1. The molecule has 0 saturated carbocycles. The van der Waals surface area contributed by atoms with E-state index in [0.717, 1.165) is 44.0 Å². The van der Waals surface area contributed by atoms with Crippen molar-refractivity contribution in [2.24, 2.45) is 0 Å². The molecule has 128 valence electrons. The lowest BCUT2D eigenvalue weighted by Crippen LogP contribution is -2.45. The van der Waals surface area contributed by atoms with Gasteiger partial charge < -0.3 is 10.1 Å². The SMILES string of the molecule is CC(CN1CCOCC1)NC(=O)c1sccc1-c1ccc(F)cc1. The van der Waals surface area contributed by atoms with Gasteiger partial charge in [-0.15, -0.1) is 11.3 Å². The normalized spacial score (nSPS) is 16.8. The predicted molar refractivity (Wildman–Crippen MR) is 93.9 cm³/mol. The molecule has 1 aromatic carbocycles. The Balaban J connectivity index is 1.65. The van der Waals surface area contributed by atoms with Crippen LogP contribution in [0.2, 0.25) is 0 Å². The second kappa shape index (κ2) is 7.88. The van der Waals surface area contributed by atoms with Gasteiger partial charge in [-0.3, -0.25) is 9.69 Å². The summed E-state index contributed by atoms with van der Waals surface area (Å²) in [7, 11) is 0. The van der Waals surface area contributed by atoms with Gasteiger partial charge in [0.05, 0.1) is 18.1 Å². The van der Waals surface area contributed by atoms with Gasteiger partial charge in [-0.05, 0) is 36.1 Å². The Kier molecular flexibility index (Phi) is 5.60. The highest BCUT2D eigenvalue weighted by Gasteiger charge is 2.19. The molecule has 1 amide bonds. The van der Waals surface area contributed by atoms with Gasteiger partial charge in [-0.25, -0.2) is 4.39 Å². The number of nitrogens with one attached hydrogen (secondary N) is 1. The van der Waals surface area contributed by atoms with E-state index >= 15 is 0 Å². The van der Waals surface area contributed by atoms with Crippen molar-refractivity contribution in [1.29, 1.82) is 0 Å². The Morgan fingerprint density at radius 1 is 1.29 bits per heavy atom. The molecule has 4 nitrogen and oxygen atoms in total. The van der Waals surface area contributed by atoms with Crippen molar-refractivity contribution in [3.63, 3.8) is 0 Å². The molecule has 2 aromatic rings. The second-order valence-corrected chi connectivity index (χ2v) is 6.87. The Hall–Kier alpha value is -1.76. The predicted octanol–water partition coefficient (Wildman–Crippen LogP) is 3.00. The van der Waals surface area contributed by atoms with Crippen LogP contribution in [0, 0.1) is 5.82 Å². The lowest BCUT2D eigenvalue weighted by atomic mass is 10.1. The number of rotatable bonds is 5. The number of nitrogens with zero attached hydrogens (tertiary/aromatic N) is 1. The van der Waals surface area contributed by atoms with Crippen molar-refractivity contribution < 1.29 is 13.9 Å². The Morgan fingerprint density at radius 2 is 2.00 bits per heavy atom. The Labute approximate surface area is 145 Å². The molecule has 1 atom stereocenters. The molecule has 1 aliphatic rings. The molecular formula is C18H21FN2O2S. The summed E-state index contributed by atoms with van der Waals surface area (Å²) in [5.74, 6) is -0.357. The molecule has 3 rings (SSSR count). The minimum Gasteiger partial charge on any atom is -0.379 e. The fourth-order valence-corrected chi connectivity index (χ4v) is 3.67. The molecule has 1 N–H and O–H groups in total. The van der Waals surface area contributed by atoms with Gasteiger partial charge in [0.15, 0.2) is 0 Å². The van der Waals surface area contributed by atoms with Gasteiger partial charge in [0.1, 0.15) is 5.82 Å².